The SMILES string of the molecule is CC(CO)C(C)NC(=O)C(=O)N1CCc2c(Cl)cccc21. The maximum absolute atomic E-state index is 12.3. The van der Waals surface area contributed by atoms with Crippen molar-refractivity contribution in [3.63, 3.8) is 0 Å². The van der Waals surface area contributed by atoms with Gasteiger partial charge in [-0.25, -0.2) is 0 Å². The quantitative estimate of drug-likeness (QED) is 0.828. The minimum Gasteiger partial charge on any atom is -0.396 e. The van der Waals surface area contributed by atoms with Gasteiger partial charge in [0.2, 0.25) is 0 Å². The highest BCUT2D eigenvalue weighted by Crippen LogP contribution is 2.33. The van der Waals surface area contributed by atoms with E-state index in [2.05, 4.69) is 5.32 Å². The van der Waals surface area contributed by atoms with Crippen LogP contribution < -0.4 is 10.2 Å². The zero-order valence-electron chi connectivity index (χ0n) is 12.1. The fourth-order valence-electron chi connectivity index (χ4n) is 2.29. The summed E-state index contributed by atoms with van der Waals surface area (Å²) in [6.07, 6.45) is 0.649. The highest BCUT2D eigenvalue weighted by atomic mass is 35.5. The first kappa shape index (κ1) is 15.8. The average Bonchev–Trinajstić information content (AvgIpc) is 2.90. The molecule has 1 aromatic carbocycles. The molecule has 2 N–H and O–H groups in total. The van der Waals surface area contributed by atoms with Crippen LogP contribution in [0.4, 0.5) is 5.69 Å². The number of nitrogens with zero attached hydrogens (tertiary/aromatic N) is 1. The molecule has 0 saturated heterocycles. The number of amides is 2. The van der Waals surface area contributed by atoms with Gasteiger partial charge in [-0.15, -0.1) is 0 Å². The molecule has 0 aliphatic carbocycles. The molecule has 6 heteroatoms. The molecule has 0 fully saturated rings. The second-order valence-electron chi connectivity index (χ2n) is 5.37. The number of fused-ring (bicyclic) bond motifs is 1. The van der Waals surface area contributed by atoms with Crippen LogP contribution in [-0.4, -0.2) is 36.1 Å². The van der Waals surface area contributed by atoms with Gasteiger partial charge < -0.3 is 15.3 Å². The number of nitrogens with one attached hydrogen (secondary N) is 1. The number of aliphatic hydroxyl groups is 1. The van der Waals surface area contributed by atoms with Crippen molar-refractivity contribution in [3.8, 4) is 0 Å². The van der Waals surface area contributed by atoms with Crippen molar-refractivity contribution in [2.75, 3.05) is 18.1 Å². The van der Waals surface area contributed by atoms with Crippen molar-refractivity contribution in [2.24, 2.45) is 5.92 Å². The average molecular weight is 311 g/mol. The maximum atomic E-state index is 12.3. The molecular weight excluding hydrogens is 292 g/mol. The highest BCUT2D eigenvalue weighted by molar-refractivity contribution is 6.41. The molecule has 2 unspecified atom stereocenters. The number of anilines is 1. The van der Waals surface area contributed by atoms with Crippen LogP contribution >= 0.6 is 11.6 Å². The Balaban J connectivity index is 2.09. The molecule has 1 aliphatic rings. The molecule has 5 nitrogen and oxygen atoms in total. The van der Waals surface area contributed by atoms with Crippen LogP contribution in [-0.2, 0) is 16.0 Å². The van der Waals surface area contributed by atoms with E-state index in [-0.39, 0.29) is 18.6 Å². The number of hydrogen-bond donors (Lipinski definition) is 2. The van der Waals surface area contributed by atoms with Crippen molar-refractivity contribution >= 4 is 29.1 Å². The fourth-order valence-corrected chi connectivity index (χ4v) is 2.56. The Kier molecular flexibility index (Phi) is 4.85. The number of benzene rings is 1. The summed E-state index contributed by atoms with van der Waals surface area (Å²) in [6.45, 7) is 3.98. The first-order valence-electron chi connectivity index (χ1n) is 6.96. The van der Waals surface area contributed by atoms with E-state index in [0.29, 0.717) is 23.7 Å². The van der Waals surface area contributed by atoms with Crippen LogP contribution in [0.25, 0.3) is 0 Å². The van der Waals surface area contributed by atoms with Gasteiger partial charge in [0.05, 0.1) is 0 Å². The lowest BCUT2D eigenvalue weighted by molar-refractivity contribution is -0.138. The molecule has 0 spiro atoms. The minimum atomic E-state index is -0.657. The Morgan fingerprint density at radius 2 is 2.14 bits per heavy atom. The van der Waals surface area contributed by atoms with E-state index in [4.69, 9.17) is 16.7 Å². The third kappa shape index (κ3) is 3.19. The number of rotatable bonds is 3. The molecule has 1 heterocycles. The van der Waals surface area contributed by atoms with E-state index in [9.17, 15) is 9.59 Å². The minimum absolute atomic E-state index is 0.0439. The van der Waals surface area contributed by atoms with Gasteiger partial charge in [-0.3, -0.25) is 9.59 Å². The van der Waals surface area contributed by atoms with E-state index in [1.54, 1.807) is 32.0 Å². The Morgan fingerprint density at radius 1 is 1.43 bits per heavy atom. The molecule has 1 aromatic rings. The third-order valence-corrected chi connectivity index (χ3v) is 4.26. The molecule has 2 atom stereocenters. The maximum Gasteiger partial charge on any atom is 0.316 e. The summed E-state index contributed by atoms with van der Waals surface area (Å²) in [5.74, 6) is -1.36. The second-order valence-corrected chi connectivity index (χ2v) is 5.77. The van der Waals surface area contributed by atoms with Crippen LogP contribution in [0.15, 0.2) is 18.2 Å². The number of halogens is 1. The lowest BCUT2D eigenvalue weighted by Gasteiger charge is -2.21. The predicted octanol–water partition coefficient (Wildman–Crippen LogP) is 1.36. The zero-order chi connectivity index (χ0) is 15.6. The van der Waals surface area contributed by atoms with Crippen molar-refractivity contribution < 1.29 is 14.7 Å². The molecule has 1 aliphatic heterocycles. The van der Waals surface area contributed by atoms with Gasteiger partial charge in [-0.05, 0) is 37.0 Å². The summed E-state index contributed by atoms with van der Waals surface area (Å²) in [4.78, 5) is 25.8. The Labute approximate surface area is 128 Å². The van der Waals surface area contributed by atoms with Crippen molar-refractivity contribution in [1.29, 1.82) is 0 Å². The molecule has 0 radical (unpaired) electrons. The second kappa shape index (κ2) is 6.45. The number of carbonyl (C=O) groups excluding carboxylic acids is 2. The van der Waals surface area contributed by atoms with E-state index in [1.165, 1.54) is 4.90 Å². The third-order valence-electron chi connectivity index (χ3n) is 3.91. The normalized spacial score (nSPS) is 16.3. The first-order chi connectivity index (χ1) is 9.95. The van der Waals surface area contributed by atoms with Gasteiger partial charge >= 0.3 is 11.8 Å². The van der Waals surface area contributed by atoms with Gasteiger partial charge in [0, 0.05) is 29.9 Å². The molecule has 21 heavy (non-hydrogen) atoms. The number of carbonyl (C=O) groups is 2. The van der Waals surface area contributed by atoms with Crippen LogP contribution in [0, 0.1) is 5.92 Å². The molecule has 0 saturated carbocycles. The van der Waals surface area contributed by atoms with Gasteiger partial charge in [0.15, 0.2) is 0 Å². The zero-order valence-corrected chi connectivity index (χ0v) is 12.9. The number of aliphatic hydroxyl groups excluding tert-OH is 1. The van der Waals surface area contributed by atoms with Crippen molar-refractivity contribution in [1.82, 2.24) is 5.32 Å². The summed E-state index contributed by atoms with van der Waals surface area (Å²) in [5, 5.41) is 12.3. The predicted molar refractivity (Wildman–Crippen MR) is 81.4 cm³/mol. The first-order valence-corrected chi connectivity index (χ1v) is 7.34. The lowest BCUT2D eigenvalue weighted by Crippen LogP contribution is -2.47. The smallest absolute Gasteiger partial charge is 0.316 e. The molecule has 2 amide bonds. The van der Waals surface area contributed by atoms with Crippen LogP contribution in [0.2, 0.25) is 5.02 Å². The van der Waals surface area contributed by atoms with Gasteiger partial charge in [-0.1, -0.05) is 24.6 Å². The van der Waals surface area contributed by atoms with E-state index < -0.39 is 11.8 Å². The van der Waals surface area contributed by atoms with Crippen LogP contribution in [0.1, 0.15) is 19.4 Å². The molecular formula is C15H19ClN2O3. The summed E-state index contributed by atoms with van der Waals surface area (Å²) in [7, 11) is 0. The molecule has 114 valence electrons. The van der Waals surface area contributed by atoms with E-state index in [1.807, 2.05) is 0 Å². The number of hydrogen-bond acceptors (Lipinski definition) is 3. The standard InChI is InChI=1S/C15H19ClN2O3/c1-9(8-19)10(2)17-14(20)15(21)18-7-6-11-12(16)4-3-5-13(11)18/h3-5,9-10,19H,6-8H2,1-2H3,(H,17,20). The van der Waals surface area contributed by atoms with Gasteiger partial charge in [0.25, 0.3) is 0 Å². The summed E-state index contributed by atoms with van der Waals surface area (Å²) < 4.78 is 0. The highest BCUT2D eigenvalue weighted by Gasteiger charge is 2.31. The lowest BCUT2D eigenvalue weighted by atomic mass is 10.1. The summed E-state index contributed by atoms with van der Waals surface area (Å²) >= 11 is 6.10. The topological polar surface area (TPSA) is 69.6 Å². The van der Waals surface area contributed by atoms with Crippen molar-refractivity contribution in [3.05, 3.63) is 28.8 Å². The van der Waals surface area contributed by atoms with E-state index in [0.717, 1.165) is 5.56 Å². The summed E-state index contributed by atoms with van der Waals surface area (Å²) in [5.41, 5.74) is 1.60. The van der Waals surface area contributed by atoms with Crippen LogP contribution in [0.5, 0.6) is 0 Å². The van der Waals surface area contributed by atoms with Gasteiger partial charge in [-0.2, -0.15) is 0 Å². The Hall–Kier alpha value is -1.59. The fraction of sp³-hybridized carbons (Fsp3) is 0.467. The van der Waals surface area contributed by atoms with E-state index >= 15 is 0 Å². The Morgan fingerprint density at radius 3 is 2.81 bits per heavy atom. The molecule has 0 bridgehead atoms. The molecule has 2 rings (SSSR count). The summed E-state index contributed by atoms with van der Waals surface area (Å²) in [6, 6.07) is 5.06. The molecule has 0 aromatic heterocycles. The van der Waals surface area contributed by atoms with Gasteiger partial charge in [0.1, 0.15) is 0 Å². The monoisotopic (exact) mass is 310 g/mol. The largest absolute Gasteiger partial charge is 0.396 e. The Bertz CT molecular complexity index is 562. The van der Waals surface area contributed by atoms with Crippen LogP contribution in [0.3, 0.4) is 0 Å². The van der Waals surface area contributed by atoms with Crippen molar-refractivity contribution in [2.45, 2.75) is 26.3 Å².